The Morgan fingerprint density at radius 3 is 2.10 bits per heavy atom. The molecule has 4 saturated carbocycles. The van der Waals surface area contributed by atoms with E-state index in [0.29, 0.717) is 18.8 Å². The molecule has 2 heterocycles. The number of ether oxygens (including phenoxy) is 4. The molecule has 8 nitrogen and oxygen atoms in total. The highest BCUT2D eigenvalue weighted by Gasteiger charge is 2.54. The van der Waals surface area contributed by atoms with E-state index in [9.17, 15) is 19.8 Å². The lowest BCUT2D eigenvalue weighted by Gasteiger charge is -2.52. The van der Waals surface area contributed by atoms with Gasteiger partial charge in [0.2, 0.25) is 0 Å². The number of rotatable bonds is 5. The molecule has 0 spiro atoms. The summed E-state index contributed by atoms with van der Waals surface area (Å²) in [5.41, 5.74) is 0. The maximum Gasteiger partial charge on any atom is 0.168 e. The van der Waals surface area contributed by atoms with Crippen molar-refractivity contribution in [1.29, 1.82) is 0 Å². The van der Waals surface area contributed by atoms with E-state index in [1.807, 2.05) is 0 Å². The first-order valence-corrected chi connectivity index (χ1v) is 16.4. The molecule has 12 atom stereocenters. The van der Waals surface area contributed by atoms with Crippen molar-refractivity contribution in [1.82, 2.24) is 0 Å². The third-order valence-electron chi connectivity index (χ3n) is 11.8. The van der Waals surface area contributed by atoms with Gasteiger partial charge >= 0.3 is 0 Å². The van der Waals surface area contributed by atoms with Gasteiger partial charge in [0.1, 0.15) is 23.7 Å². The summed E-state index contributed by atoms with van der Waals surface area (Å²) in [6.45, 7) is 4.49. The number of carbonyl (C=O) groups is 2. The zero-order chi connectivity index (χ0) is 29.7. The molecule has 234 valence electrons. The lowest BCUT2D eigenvalue weighted by Crippen LogP contribution is -2.55. The molecule has 0 aromatic heterocycles. The summed E-state index contributed by atoms with van der Waals surface area (Å²) < 4.78 is 25.1. The van der Waals surface area contributed by atoms with Crippen molar-refractivity contribution in [2.45, 2.75) is 115 Å². The second-order valence-electron chi connectivity index (χ2n) is 14.3. The van der Waals surface area contributed by atoms with Gasteiger partial charge in [0.05, 0.1) is 36.3 Å². The van der Waals surface area contributed by atoms with Gasteiger partial charge in [-0.1, -0.05) is 13.8 Å². The highest BCUT2D eigenvalue weighted by atomic mass is 16.5. The molecule has 4 fully saturated rings. The maximum absolute atomic E-state index is 13.7. The van der Waals surface area contributed by atoms with Gasteiger partial charge in [0, 0.05) is 57.0 Å². The lowest BCUT2D eigenvalue weighted by molar-refractivity contribution is -0.155. The van der Waals surface area contributed by atoms with Crippen LogP contribution in [0.2, 0.25) is 0 Å². The topological polar surface area (TPSA) is 112 Å². The van der Waals surface area contributed by atoms with E-state index in [1.54, 1.807) is 26.4 Å². The Labute approximate surface area is 250 Å². The van der Waals surface area contributed by atoms with Gasteiger partial charge in [-0.25, -0.2) is 0 Å². The number of carbonyl (C=O) groups excluding carboxylic acids is 2. The van der Waals surface area contributed by atoms with Crippen molar-refractivity contribution < 1.29 is 38.7 Å². The second kappa shape index (κ2) is 12.3. The summed E-state index contributed by atoms with van der Waals surface area (Å²) >= 11 is 0. The Bertz CT molecular complexity index is 1080. The minimum atomic E-state index is -0.756. The number of aliphatic hydroxyl groups is 2. The monoisotopic (exact) mass is 586 g/mol. The number of allylic oxidation sites excluding steroid dienone is 4. The van der Waals surface area contributed by atoms with E-state index >= 15 is 0 Å². The molecule has 8 heteroatoms. The van der Waals surface area contributed by atoms with Crippen molar-refractivity contribution >= 4 is 11.6 Å². The predicted molar refractivity (Wildman–Crippen MR) is 155 cm³/mol. The van der Waals surface area contributed by atoms with Crippen LogP contribution in [0.5, 0.6) is 0 Å². The Morgan fingerprint density at radius 2 is 1.40 bits per heavy atom. The molecular formula is C34H50O8. The van der Waals surface area contributed by atoms with Crippen LogP contribution in [-0.4, -0.2) is 72.6 Å². The molecule has 12 unspecified atom stereocenters. The van der Waals surface area contributed by atoms with Gasteiger partial charge in [-0.3, -0.25) is 9.59 Å². The molecule has 6 aliphatic rings. The number of hydrogen-bond acceptors (Lipinski definition) is 8. The van der Waals surface area contributed by atoms with Crippen LogP contribution in [0.15, 0.2) is 23.7 Å². The Kier molecular flexibility index (Phi) is 8.90. The van der Waals surface area contributed by atoms with E-state index in [1.165, 1.54) is 0 Å². The van der Waals surface area contributed by atoms with Crippen LogP contribution in [0.3, 0.4) is 0 Å². The molecule has 42 heavy (non-hydrogen) atoms. The summed E-state index contributed by atoms with van der Waals surface area (Å²) in [6, 6.07) is 0. The van der Waals surface area contributed by atoms with E-state index < -0.39 is 12.0 Å². The summed E-state index contributed by atoms with van der Waals surface area (Å²) in [4.78, 5) is 26.9. The highest BCUT2D eigenvalue weighted by molar-refractivity contribution is 5.94. The molecule has 6 rings (SSSR count). The van der Waals surface area contributed by atoms with Crippen molar-refractivity contribution in [3.8, 4) is 0 Å². The fourth-order valence-electron chi connectivity index (χ4n) is 9.68. The number of ketones is 2. The fourth-order valence-corrected chi connectivity index (χ4v) is 9.68. The standard InChI is InChI=1S/C34H50O8/c1-17-11-18(2)32-25(37)15-28(19-5-8-21(35)9-6-19)42-34(32)31(17)23-12-20(7-10-27(23)40-4)29-16-26(38)33-24(36)13-22(39-3)14-30(33)41-29/h15-24,27,30-36H,5-14H2,1-4H3. The lowest BCUT2D eigenvalue weighted by atomic mass is 9.58. The van der Waals surface area contributed by atoms with Gasteiger partial charge in [0.15, 0.2) is 11.6 Å². The summed E-state index contributed by atoms with van der Waals surface area (Å²) in [5, 5.41) is 20.7. The van der Waals surface area contributed by atoms with E-state index in [0.717, 1.165) is 62.9 Å². The van der Waals surface area contributed by atoms with Crippen LogP contribution in [0.1, 0.15) is 78.1 Å². The molecule has 0 aromatic carbocycles. The van der Waals surface area contributed by atoms with Gasteiger partial charge in [0.25, 0.3) is 0 Å². The molecule has 0 amide bonds. The summed E-state index contributed by atoms with van der Waals surface area (Å²) in [7, 11) is 3.43. The minimum Gasteiger partial charge on any atom is -0.493 e. The van der Waals surface area contributed by atoms with Gasteiger partial charge in [-0.2, -0.15) is 0 Å². The Hall–Kier alpha value is -1.74. The quantitative estimate of drug-likeness (QED) is 0.489. The Morgan fingerprint density at radius 1 is 0.738 bits per heavy atom. The molecule has 4 aliphatic carbocycles. The average Bonchev–Trinajstić information content (AvgIpc) is 2.96. The third kappa shape index (κ3) is 5.62. The molecule has 2 N–H and O–H groups in total. The van der Waals surface area contributed by atoms with Crippen LogP contribution in [0.25, 0.3) is 0 Å². The first-order chi connectivity index (χ1) is 20.2. The smallest absolute Gasteiger partial charge is 0.168 e. The molecule has 0 saturated heterocycles. The van der Waals surface area contributed by atoms with Gasteiger partial charge in [-0.05, 0) is 69.1 Å². The largest absolute Gasteiger partial charge is 0.493 e. The van der Waals surface area contributed by atoms with Gasteiger partial charge in [-0.15, -0.1) is 0 Å². The van der Waals surface area contributed by atoms with Gasteiger partial charge < -0.3 is 29.2 Å². The van der Waals surface area contributed by atoms with E-state index in [2.05, 4.69) is 13.8 Å². The van der Waals surface area contributed by atoms with Crippen LogP contribution >= 0.6 is 0 Å². The zero-order valence-electron chi connectivity index (χ0n) is 25.7. The average molecular weight is 587 g/mol. The van der Waals surface area contributed by atoms with Crippen LogP contribution < -0.4 is 0 Å². The van der Waals surface area contributed by atoms with E-state index in [-0.39, 0.29) is 77.6 Å². The third-order valence-corrected chi connectivity index (χ3v) is 11.8. The number of fused-ring (bicyclic) bond motifs is 2. The normalized spacial score (nSPS) is 47.8. The molecule has 0 bridgehead atoms. The molecule has 2 aliphatic heterocycles. The number of aliphatic hydroxyl groups excluding tert-OH is 2. The second-order valence-corrected chi connectivity index (χ2v) is 14.3. The highest BCUT2D eigenvalue weighted by Crippen LogP contribution is 2.52. The van der Waals surface area contributed by atoms with Crippen molar-refractivity contribution in [2.75, 3.05) is 14.2 Å². The first-order valence-electron chi connectivity index (χ1n) is 16.4. The van der Waals surface area contributed by atoms with E-state index in [4.69, 9.17) is 18.9 Å². The number of methoxy groups -OCH3 is 2. The van der Waals surface area contributed by atoms with Crippen LogP contribution in [0, 0.1) is 47.3 Å². The van der Waals surface area contributed by atoms with Crippen molar-refractivity contribution in [2.24, 2.45) is 47.3 Å². The molecular weight excluding hydrogens is 536 g/mol. The minimum absolute atomic E-state index is 0.0396. The summed E-state index contributed by atoms with van der Waals surface area (Å²) in [5.74, 6) is 2.17. The van der Waals surface area contributed by atoms with Crippen LogP contribution in [-0.2, 0) is 28.5 Å². The molecule has 0 aromatic rings. The molecule has 0 radical (unpaired) electrons. The van der Waals surface area contributed by atoms with Crippen molar-refractivity contribution in [3.63, 3.8) is 0 Å². The first kappa shape index (κ1) is 30.3. The van der Waals surface area contributed by atoms with Crippen molar-refractivity contribution in [3.05, 3.63) is 23.7 Å². The maximum atomic E-state index is 13.7. The predicted octanol–water partition coefficient (Wildman–Crippen LogP) is 4.37. The zero-order valence-corrected chi connectivity index (χ0v) is 25.7. The van der Waals surface area contributed by atoms with Crippen LogP contribution in [0.4, 0.5) is 0 Å². The fraction of sp³-hybridized carbons (Fsp3) is 0.824. The number of hydrogen-bond donors (Lipinski definition) is 2. The summed E-state index contributed by atoms with van der Waals surface area (Å²) in [6.07, 6.45) is 9.50. The SMILES string of the molecule is COC1CC(O)C2C(=O)C=C(C3CCC(OC)C(C4C(C)CC(C)C5C(=O)C=C(C6CCC(O)CC6)OC54)C3)OC2C1. The Balaban J connectivity index is 1.25.